The van der Waals surface area contributed by atoms with Crippen molar-refractivity contribution in [1.29, 1.82) is 0 Å². The number of aryl methyl sites for hydroxylation is 1. The normalized spacial score (nSPS) is 16.3. The van der Waals surface area contributed by atoms with Crippen LogP contribution in [0.25, 0.3) is 0 Å². The van der Waals surface area contributed by atoms with Crippen LogP contribution in [0.1, 0.15) is 30.8 Å². The van der Waals surface area contributed by atoms with Gasteiger partial charge in [-0.25, -0.2) is 13.1 Å². The van der Waals surface area contributed by atoms with Crippen LogP contribution in [0.5, 0.6) is 5.75 Å². The topological polar surface area (TPSA) is 119 Å². The van der Waals surface area contributed by atoms with Crippen molar-refractivity contribution in [2.24, 2.45) is 0 Å². The third-order valence-corrected chi connectivity index (χ3v) is 5.54. The molecule has 1 aliphatic heterocycles. The molecular weight excluding hydrogens is 396 g/mol. The number of amides is 2. The van der Waals surface area contributed by atoms with Crippen molar-refractivity contribution in [3.63, 3.8) is 0 Å². The molecule has 0 saturated heterocycles. The molecule has 2 aromatic rings. The van der Waals surface area contributed by atoms with Gasteiger partial charge in [-0.05, 0) is 31.5 Å². The molecule has 0 fully saturated rings. The van der Waals surface area contributed by atoms with E-state index in [1.165, 1.54) is 29.1 Å². The Labute approximate surface area is 160 Å². The van der Waals surface area contributed by atoms with E-state index in [-0.39, 0.29) is 27.2 Å². The Morgan fingerprint density at radius 3 is 2.78 bits per heavy atom. The number of hydrogen-bond acceptors (Lipinski definition) is 6. The molecule has 0 bridgehead atoms. The fraction of sp³-hybridized carbons (Fsp3) is 0.312. The number of nitrogens with one attached hydrogen (secondary N) is 2. The molecule has 0 spiro atoms. The summed E-state index contributed by atoms with van der Waals surface area (Å²) in [5.41, 5.74) is 0.0239. The van der Waals surface area contributed by atoms with Crippen LogP contribution in [0.15, 0.2) is 29.3 Å². The first kappa shape index (κ1) is 19.2. The van der Waals surface area contributed by atoms with Crippen LogP contribution in [-0.4, -0.2) is 36.1 Å². The van der Waals surface area contributed by atoms with Crippen LogP contribution in [0, 0.1) is 0 Å². The van der Waals surface area contributed by atoms with Crippen molar-refractivity contribution < 1.29 is 22.7 Å². The van der Waals surface area contributed by atoms with Gasteiger partial charge in [-0.15, -0.1) is 0 Å². The zero-order chi connectivity index (χ0) is 19.8. The van der Waals surface area contributed by atoms with E-state index in [1.807, 2.05) is 4.72 Å². The van der Waals surface area contributed by atoms with Crippen molar-refractivity contribution in [2.75, 3.05) is 5.32 Å². The first-order valence-corrected chi connectivity index (χ1v) is 10.0. The van der Waals surface area contributed by atoms with Gasteiger partial charge < -0.3 is 10.1 Å². The molecule has 1 aliphatic rings. The lowest BCUT2D eigenvalue weighted by molar-refractivity contribution is -0.123. The Kier molecular flexibility index (Phi) is 5.11. The summed E-state index contributed by atoms with van der Waals surface area (Å²) in [7, 11) is -4.21. The second-order valence-electron chi connectivity index (χ2n) is 5.78. The Bertz CT molecular complexity index is 1020. The second-order valence-corrected chi connectivity index (χ2v) is 7.87. The molecule has 1 atom stereocenters. The number of hydrogen-bond donors (Lipinski definition) is 2. The average Bonchev–Trinajstić information content (AvgIpc) is 3.01. The molecule has 0 aliphatic carbocycles. The van der Waals surface area contributed by atoms with E-state index in [1.54, 1.807) is 13.8 Å². The Morgan fingerprint density at radius 2 is 2.15 bits per heavy atom. The van der Waals surface area contributed by atoms with Gasteiger partial charge in [-0.2, -0.15) is 5.10 Å². The van der Waals surface area contributed by atoms with Gasteiger partial charge in [0.15, 0.2) is 11.8 Å². The minimum atomic E-state index is -4.21. The quantitative estimate of drug-likeness (QED) is 0.772. The standard InChI is InChI=1S/C16H17ClN4O5S/c1-3-12-15(22)18-11-7-9(5-6-13(11)26-12)27(24,25)20-16(23)14-10(17)8-21(4-2)19-14/h5-8,12H,3-4H2,1-2H3,(H,18,22)(H,20,23). The van der Waals surface area contributed by atoms with Gasteiger partial charge in [0.1, 0.15) is 5.75 Å². The van der Waals surface area contributed by atoms with E-state index in [2.05, 4.69) is 10.4 Å². The SMILES string of the molecule is CCC1Oc2ccc(S(=O)(=O)NC(=O)c3nn(CC)cc3Cl)cc2NC1=O. The zero-order valence-corrected chi connectivity index (χ0v) is 16.1. The number of carbonyl (C=O) groups is 2. The first-order valence-electron chi connectivity index (χ1n) is 8.16. The molecule has 9 nitrogen and oxygen atoms in total. The summed E-state index contributed by atoms with van der Waals surface area (Å²) in [6, 6.07) is 3.93. The van der Waals surface area contributed by atoms with E-state index >= 15 is 0 Å². The lowest BCUT2D eigenvalue weighted by Crippen LogP contribution is -2.36. The molecule has 0 radical (unpaired) electrons. The van der Waals surface area contributed by atoms with Gasteiger partial charge in [0.2, 0.25) is 0 Å². The van der Waals surface area contributed by atoms with E-state index in [4.69, 9.17) is 16.3 Å². The highest BCUT2D eigenvalue weighted by atomic mass is 35.5. The van der Waals surface area contributed by atoms with Gasteiger partial charge in [0.05, 0.1) is 15.6 Å². The van der Waals surface area contributed by atoms with Crippen LogP contribution in [-0.2, 0) is 21.4 Å². The number of ether oxygens (including phenoxy) is 1. The van der Waals surface area contributed by atoms with Crippen LogP contribution in [0.3, 0.4) is 0 Å². The second kappa shape index (κ2) is 7.20. The zero-order valence-electron chi connectivity index (χ0n) is 14.5. The maximum atomic E-state index is 12.5. The number of fused-ring (bicyclic) bond motifs is 1. The van der Waals surface area contributed by atoms with Crippen molar-refractivity contribution in [1.82, 2.24) is 14.5 Å². The maximum absolute atomic E-state index is 12.5. The highest BCUT2D eigenvalue weighted by molar-refractivity contribution is 7.90. The predicted octanol–water partition coefficient (Wildman–Crippen LogP) is 1.78. The Balaban J connectivity index is 1.85. The number of aromatic nitrogens is 2. The maximum Gasteiger partial charge on any atom is 0.287 e. The number of carbonyl (C=O) groups excluding carboxylic acids is 2. The first-order chi connectivity index (χ1) is 12.7. The molecule has 2 amide bonds. The van der Waals surface area contributed by atoms with E-state index in [9.17, 15) is 18.0 Å². The number of benzene rings is 1. The minimum Gasteiger partial charge on any atom is -0.478 e. The molecular formula is C16H17ClN4O5S. The number of sulfonamides is 1. The highest BCUT2D eigenvalue weighted by Gasteiger charge is 2.29. The third kappa shape index (κ3) is 3.76. The van der Waals surface area contributed by atoms with Crippen molar-refractivity contribution >= 4 is 39.1 Å². The summed E-state index contributed by atoms with van der Waals surface area (Å²) in [6.45, 7) is 4.08. The average molecular weight is 413 g/mol. The molecule has 27 heavy (non-hydrogen) atoms. The van der Waals surface area contributed by atoms with Crippen LogP contribution in [0.4, 0.5) is 5.69 Å². The molecule has 144 valence electrons. The largest absolute Gasteiger partial charge is 0.478 e. The smallest absolute Gasteiger partial charge is 0.287 e. The predicted molar refractivity (Wildman–Crippen MR) is 97.3 cm³/mol. The molecule has 11 heteroatoms. The number of anilines is 1. The summed E-state index contributed by atoms with van der Waals surface area (Å²) in [5.74, 6) is -0.951. The van der Waals surface area contributed by atoms with E-state index < -0.39 is 22.0 Å². The van der Waals surface area contributed by atoms with Gasteiger partial charge in [-0.1, -0.05) is 18.5 Å². The summed E-state index contributed by atoms with van der Waals surface area (Å²) in [4.78, 5) is 24.0. The van der Waals surface area contributed by atoms with Crippen molar-refractivity contribution in [3.05, 3.63) is 35.1 Å². The molecule has 1 unspecified atom stereocenters. The molecule has 3 rings (SSSR count). The highest BCUT2D eigenvalue weighted by Crippen LogP contribution is 2.32. The van der Waals surface area contributed by atoms with Gasteiger partial charge in [0, 0.05) is 12.7 Å². The van der Waals surface area contributed by atoms with Gasteiger partial charge in [0.25, 0.3) is 21.8 Å². The van der Waals surface area contributed by atoms with Crippen LogP contribution >= 0.6 is 11.6 Å². The molecule has 1 aromatic carbocycles. The molecule has 2 N–H and O–H groups in total. The molecule has 1 aromatic heterocycles. The van der Waals surface area contributed by atoms with Crippen molar-refractivity contribution in [3.8, 4) is 5.75 Å². The molecule has 2 heterocycles. The Morgan fingerprint density at radius 1 is 1.41 bits per heavy atom. The number of halogens is 1. The molecule has 0 saturated carbocycles. The number of nitrogens with zero attached hydrogens (tertiary/aromatic N) is 2. The Hall–Kier alpha value is -2.59. The van der Waals surface area contributed by atoms with Crippen LogP contribution in [0.2, 0.25) is 5.02 Å². The fourth-order valence-electron chi connectivity index (χ4n) is 2.51. The lowest BCUT2D eigenvalue weighted by atomic mass is 10.2. The summed E-state index contributed by atoms with van der Waals surface area (Å²) >= 11 is 5.93. The minimum absolute atomic E-state index is 0.0428. The van der Waals surface area contributed by atoms with Gasteiger partial charge in [-0.3, -0.25) is 14.3 Å². The third-order valence-electron chi connectivity index (χ3n) is 3.93. The lowest BCUT2D eigenvalue weighted by Gasteiger charge is -2.25. The van der Waals surface area contributed by atoms with E-state index in [0.29, 0.717) is 18.7 Å². The number of rotatable bonds is 5. The summed E-state index contributed by atoms with van der Waals surface area (Å²) in [5, 5.41) is 6.58. The van der Waals surface area contributed by atoms with Crippen LogP contribution < -0.4 is 14.8 Å². The van der Waals surface area contributed by atoms with Crippen molar-refractivity contribution in [2.45, 2.75) is 37.8 Å². The van der Waals surface area contributed by atoms with E-state index in [0.717, 1.165) is 0 Å². The summed E-state index contributed by atoms with van der Waals surface area (Å²) < 4.78 is 33.9. The fourth-order valence-corrected chi connectivity index (χ4v) is 3.72. The monoisotopic (exact) mass is 412 g/mol. The summed E-state index contributed by atoms with van der Waals surface area (Å²) in [6.07, 6.45) is 1.28. The van der Waals surface area contributed by atoms with Gasteiger partial charge >= 0.3 is 0 Å².